The summed E-state index contributed by atoms with van der Waals surface area (Å²) in [7, 11) is -2.52. The first-order valence-corrected chi connectivity index (χ1v) is 10.7. The Labute approximate surface area is 177 Å². The van der Waals surface area contributed by atoms with Crippen LogP contribution in [0.3, 0.4) is 0 Å². The maximum Gasteiger partial charge on any atom is 0.374 e. The van der Waals surface area contributed by atoms with Gasteiger partial charge in [-0.25, -0.2) is 22.7 Å². The number of ether oxygens (including phenoxy) is 2. The van der Waals surface area contributed by atoms with Crippen molar-refractivity contribution in [2.75, 3.05) is 13.7 Å². The molecule has 0 fully saturated rings. The van der Waals surface area contributed by atoms with Crippen molar-refractivity contribution >= 4 is 44.5 Å². The van der Waals surface area contributed by atoms with Crippen molar-refractivity contribution in [2.45, 2.75) is 18.4 Å². The number of furan rings is 1. The van der Waals surface area contributed by atoms with E-state index in [9.17, 15) is 18.0 Å². The molecule has 10 heteroatoms. The zero-order valence-corrected chi connectivity index (χ0v) is 17.7. The molecule has 2 aromatic carbocycles. The Morgan fingerprint density at radius 3 is 2.53 bits per heavy atom. The third-order valence-corrected chi connectivity index (χ3v) is 5.99. The van der Waals surface area contributed by atoms with Crippen LogP contribution in [0.15, 0.2) is 51.8 Å². The first-order chi connectivity index (χ1) is 14.3. The van der Waals surface area contributed by atoms with Crippen molar-refractivity contribution in [3.05, 3.63) is 64.4 Å². The molecule has 0 unspecified atom stereocenters. The molecule has 0 aliphatic heterocycles. The zero-order valence-electron chi connectivity index (χ0n) is 16.1. The number of rotatable bonds is 7. The number of halogens is 1. The number of para-hydroxylation sites is 1. The van der Waals surface area contributed by atoms with Gasteiger partial charge in [-0.1, -0.05) is 29.8 Å². The lowest BCUT2D eigenvalue weighted by Crippen LogP contribution is -2.19. The van der Waals surface area contributed by atoms with Crippen LogP contribution >= 0.6 is 11.6 Å². The monoisotopic (exact) mass is 451 g/mol. The van der Waals surface area contributed by atoms with E-state index in [0.717, 1.165) is 6.07 Å². The van der Waals surface area contributed by atoms with E-state index in [-0.39, 0.29) is 34.5 Å². The maximum absolute atomic E-state index is 12.6. The highest BCUT2D eigenvalue weighted by Crippen LogP contribution is 2.28. The Bertz CT molecular complexity index is 1220. The quantitative estimate of drug-likeness (QED) is 0.547. The minimum atomic E-state index is -3.77. The molecule has 1 aromatic heterocycles. The van der Waals surface area contributed by atoms with Crippen LogP contribution in [0.25, 0.3) is 11.0 Å². The molecule has 3 rings (SSSR count). The average Bonchev–Trinajstić information content (AvgIpc) is 3.11. The Balaban J connectivity index is 1.92. The van der Waals surface area contributed by atoms with E-state index in [1.807, 2.05) is 0 Å². The predicted octanol–water partition coefficient (Wildman–Crippen LogP) is 3.53. The van der Waals surface area contributed by atoms with Gasteiger partial charge in [0, 0.05) is 5.39 Å². The molecule has 0 saturated heterocycles. The molecule has 1 heterocycles. The van der Waals surface area contributed by atoms with Gasteiger partial charge in [-0.3, -0.25) is 0 Å². The van der Waals surface area contributed by atoms with Crippen molar-refractivity contribution in [1.29, 1.82) is 0 Å². The van der Waals surface area contributed by atoms with Crippen molar-refractivity contribution in [3.8, 4) is 0 Å². The lowest BCUT2D eigenvalue weighted by atomic mass is 10.1. The van der Waals surface area contributed by atoms with Crippen LogP contribution < -0.4 is 4.72 Å². The van der Waals surface area contributed by atoms with E-state index in [0.29, 0.717) is 16.5 Å². The van der Waals surface area contributed by atoms with Gasteiger partial charge in [-0.15, -0.1) is 0 Å². The number of hydrogen-bond acceptors (Lipinski definition) is 7. The first-order valence-electron chi connectivity index (χ1n) is 8.86. The van der Waals surface area contributed by atoms with Gasteiger partial charge in [-0.05, 0) is 38.2 Å². The van der Waals surface area contributed by atoms with Crippen molar-refractivity contribution in [1.82, 2.24) is 4.72 Å². The SMILES string of the molecule is CCOC(=O)c1oc2ccccc2c1COC(=O)c1cc(S(=O)(=O)NC)ccc1Cl. The largest absolute Gasteiger partial charge is 0.460 e. The van der Waals surface area contributed by atoms with Crippen molar-refractivity contribution in [3.63, 3.8) is 0 Å². The Kier molecular flexibility index (Phi) is 6.45. The summed E-state index contributed by atoms with van der Waals surface area (Å²) in [5.74, 6) is -1.60. The molecule has 0 aliphatic rings. The fraction of sp³-hybridized carbons (Fsp3) is 0.200. The zero-order chi connectivity index (χ0) is 21.9. The number of sulfonamides is 1. The van der Waals surface area contributed by atoms with Gasteiger partial charge >= 0.3 is 11.9 Å². The van der Waals surface area contributed by atoms with Crippen LogP contribution in [0.4, 0.5) is 0 Å². The smallest absolute Gasteiger partial charge is 0.374 e. The van der Waals surface area contributed by atoms with E-state index < -0.39 is 22.0 Å². The molecule has 0 bridgehead atoms. The number of benzene rings is 2. The lowest BCUT2D eigenvalue weighted by molar-refractivity contribution is 0.0435. The summed E-state index contributed by atoms with van der Waals surface area (Å²) in [4.78, 5) is 24.7. The van der Waals surface area contributed by atoms with Gasteiger partial charge in [0.05, 0.1) is 27.7 Å². The normalized spacial score (nSPS) is 11.4. The number of nitrogens with one attached hydrogen (secondary N) is 1. The van der Waals surface area contributed by atoms with Crippen LogP contribution in [0.2, 0.25) is 5.02 Å². The highest BCUT2D eigenvalue weighted by molar-refractivity contribution is 7.89. The minimum absolute atomic E-state index is 0.0257. The average molecular weight is 452 g/mol. The topological polar surface area (TPSA) is 112 Å². The highest BCUT2D eigenvalue weighted by Gasteiger charge is 2.24. The number of esters is 2. The van der Waals surface area contributed by atoms with Crippen LogP contribution in [0, 0.1) is 0 Å². The summed E-state index contributed by atoms with van der Waals surface area (Å²) < 4.78 is 42.0. The number of carbonyl (C=O) groups excluding carboxylic acids is 2. The van der Waals surface area contributed by atoms with E-state index in [2.05, 4.69) is 4.72 Å². The summed E-state index contributed by atoms with van der Waals surface area (Å²) in [6, 6.07) is 10.6. The molecule has 0 atom stereocenters. The van der Waals surface area contributed by atoms with Gasteiger partial charge < -0.3 is 13.9 Å². The molecular weight excluding hydrogens is 434 g/mol. The molecule has 1 N–H and O–H groups in total. The van der Waals surface area contributed by atoms with E-state index in [1.54, 1.807) is 31.2 Å². The van der Waals surface area contributed by atoms with Crippen LogP contribution in [-0.4, -0.2) is 34.0 Å². The maximum atomic E-state index is 12.6. The predicted molar refractivity (Wildman–Crippen MR) is 109 cm³/mol. The third-order valence-electron chi connectivity index (χ3n) is 4.24. The van der Waals surface area contributed by atoms with Crippen LogP contribution in [0.5, 0.6) is 0 Å². The fourth-order valence-corrected chi connectivity index (χ4v) is 3.72. The summed E-state index contributed by atoms with van der Waals surface area (Å²) in [5, 5.41) is 0.615. The highest BCUT2D eigenvalue weighted by atomic mass is 35.5. The van der Waals surface area contributed by atoms with Gasteiger partial charge in [0.1, 0.15) is 12.2 Å². The fourth-order valence-electron chi connectivity index (χ4n) is 2.76. The lowest BCUT2D eigenvalue weighted by Gasteiger charge is -2.09. The molecule has 0 amide bonds. The first kappa shape index (κ1) is 21.8. The van der Waals surface area contributed by atoms with Crippen LogP contribution in [0.1, 0.15) is 33.4 Å². The molecule has 8 nitrogen and oxygen atoms in total. The molecule has 0 spiro atoms. The second kappa shape index (κ2) is 8.86. The summed E-state index contributed by atoms with van der Waals surface area (Å²) in [6.45, 7) is 1.51. The molecule has 0 aliphatic carbocycles. The van der Waals surface area contributed by atoms with Crippen molar-refractivity contribution in [2.24, 2.45) is 0 Å². The summed E-state index contributed by atoms with van der Waals surface area (Å²) in [5.41, 5.74) is 0.651. The minimum Gasteiger partial charge on any atom is -0.460 e. The Hall–Kier alpha value is -2.88. The van der Waals surface area contributed by atoms with Gasteiger partial charge in [0.15, 0.2) is 0 Å². The van der Waals surface area contributed by atoms with Crippen LogP contribution in [-0.2, 0) is 26.1 Å². The van der Waals surface area contributed by atoms with E-state index >= 15 is 0 Å². The standard InChI is InChI=1S/C20H18ClNO7S/c1-3-27-20(24)18-15(13-6-4-5-7-17(13)29-18)11-28-19(23)14-10-12(8-9-16(14)21)30(25,26)22-2/h4-10,22H,3,11H2,1-2H3. The number of fused-ring (bicyclic) bond motifs is 1. The Morgan fingerprint density at radius 1 is 1.10 bits per heavy atom. The number of carbonyl (C=O) groups is 2. The molecule has 158 valence electrons. The summed E-state index contributed by atoms with van der Waals surface area (Å²) in [6.07, 6.45) is 0. The van der Waals surface area contributed by atoms with Gasteiger partial charge in [0.25, 0.3) is 0 Å². The molecule has 3 aromatic rings. The summed E-state index contributed by atoms with van der Waals surface area (Å²) >= 11 is 6.05. The molecule has 0 radical (unpaired) electrons. The second-order valence-corrected chi connectivity index (χ2v) is 8.35. The van der Waals surface area contributed by atoms with Gasteiger partial charge in [0.2, 0.25) is 15.8 Å². The van der Waals surface area contributed by atoms with E-state index in [4.69, 9.17) is 25.5 Å². The number of hydrogen-bond donors (Lipinski definition) is 1. The van der Waals surface area contributed by atoms with Crippen molar-refractivity contribution < 1.29 is 31.9 Å². The molecule has 0 saturated carbocycles. The Morgan fingerprint density at radius 2 is 1.83 bits per heavy atom. The second-order valence-electron chi connectivity index (χ2n) is 6.05. The molecular formula is C20H18ClNO7S. The third kappa shape index (κ3) is 4.33. The molecule has 30 heavy (non-hydrogen) atoms. The van der Waals surface area contributed by atoms with Gasteiger partial charge in [-0.2, -0.15) is 0 Å². The van der Waals surface area contributed by atoms with E-state index in [1.165, 1.54) is 19.2 Å².